The topological polar surface area (TPSA) is 87.7 Å². The summed E-state index contributed by atoms with van der Waals surface area (Å²) >= 11 is 0. The number of carbonyl (C=O) groups excluding carboxylic acids is 1. The molecule has 8 heteroatoms. The molecule has 3 atom stereocenters. The zero-order valence-corrected chi connectivity index (χ0v) is 17.3. The Morgan fingerprint density at radius 3 is 2.52 bits per heavy atom. The van der Waals surface area contributed by atoms with E-state index in [-0.39, 0.29) is 28.9 Å². The highest BCUT2D eigenvalue weighted by Gasteiger charge is 2.47. The largest absolute Gasteiger partial charge is 0.497 e. The van der Waals surface area contributed by atoms with Crippen molar-refractivity contribution in [1.82, 2.24) is 9.62 Å². The Morgan fingerprint density at radius 1 is 1.14 bits per heavy atom. The first-order valence-corrected chi connectivity index (χ1v) is 11.2. The lowest BCUT2D eigenvalue weighted by atomic mass is 10.0. The monoisotopic (exact) mass is 415 g/mol. The van der Waals surface area contributed by atoms with Gasteiger partial charge >= 0.3 is 6.03 Å². The summed E-state index contributed by atoms with van der Waals surface area (Å²) in [5, 5.41) is 2.97. The van der Waals surface area contributed by atoms with E-state index in [1.54, 1.807) is 37.4 Å². The van der Waals surface area contributed by atoms with Crippen molar-refractivity contribution in [1.29, 1.82) is 0 Å². The minimum atomic E-state index is -3.55. The molecule has 2 bridgehead atoms. The van der Waals surface area contributed by atoms with E-state index in [2.05, 4.69) is 10.0 Å². The summed E-state index contributed by atoms with van der Waals surface area (Å²) in [4.78, 5) is 14.9. The van der Waals surface area contributed by atoms with E-state index in [1.165, 1.54) is 0 Å². The molecule has 0 radical (unpaired) electrons. The second-order valence-corrected chi connectivity index (χ2v) is 9.40. The van der Waals surface area contributed by atoms with Gasteiger partial charge in [0.15, 0.2) is 0 Å². The molecule has 1 aliphatic heterocycles. The van der Waals surface area contributed by atoms with E-state index >= 15 is 0 Å². The lowest BCUT2D eigenvalue weighted by molar-refractivity contribution is 0.188. The summed E-state index contributed by atoms with van der Waals surface area (Å²) in [6.45, 7) is 2.47. The van der Waals surface area contributed by atoms with Crippen molar-refractivity contribution in [2.45, 2.75) is 36.7 Å². The molecular formula is C21H25N3O4S. The number of aryl methyl sites for hydroxylation is 1. The number of ether oxygens (including phenoxy) is 1. The third kappa shape index (κ3) is 3.95. The molecule has 0 unspecified atom stereocenters. The second kappa shape index (κ2) is 7.68. The Kier molecular flexibility index (Phi) is 5.23. The van der Waals surface area contributed by atoms with Crippen molar-refractivity contribution in [2.75, 3.05) is 19.0 Å². The molecule has 2 amide bonds. The maximum absolute atomic E-state index is 12.8. The van der Waals surface area contributed by atoms with Crippen LogP contribution in [0.25, 0.3) is 0 Å². The number of amides is 2. The molecule has 1 heterocycles. The van der Waals surface area contributed by atoms with E-state index in [0.29, 0.717) is 13.0 Å². The zero-order valence-electron chi connectivity index (χ0n) is 16.5. The van der Waals surface area contributed by atoms with E-state index in [0.717, 1.165) is 23.4 Å². The van der Waals surface area contributed by atoms with Crippen molar-refractivity contribution in [2.24, 2.45) is 5.92 Å². The number of likely N-dealkylation sites (tertiary alicyclic amines) is 1. The average Bonchev–Trinajstić information content (AvgIpc) is 3.30. The molecule has 1 saturated carbocycles. The minimum Gasteiger partial charge on any atom is -0.497 e. The fourth-order valence-electron chi connectivity index (χ4n) is 4.30. The van der Waals surface area contributed by atoms with Gasteiger partial charge in [0.05, 0.1) is 12.0 Å². The van der Waals surface area contributed by atoms with Crippen LogP contribution >= 0.6 is 0 Å². The van der Waals surface area contributed by atoms with Gasteiger partial charge in [-0.05, 0) is 61.6 Å². The van der Waals surface area contributed by atoms with Crippen molar-refractivity contribution >= 4 is 21.7 Å². The quantitative estimate of drug-likeness (QED) is 0.786. The van der Waals surface area contributed by atoms with Gasteiger partial charge in [-0.1, -0.05) is 18.2 Å². The van der Waals surface area contributed by atoms with Gasteiger partial charge in [0, 0.05) is 24.3 Å². The summed E-state index contributed by atoms with van der Waals surface area (Å²) in [6.07, 6.45) is 1.45. The lowest BCUT2D eigenvalue weighted by Crippen LogP contribution is -2.48. The maximum Gasteiger partial charge on any atom is 0.322 e. The Balaban J connectivity index is 1.38. The van der Waals surface area contributed by atoms with Gasteiger partial charge in [-0.3, -0.25) is 0 Å². The van der Waals surface area contributed by atoms with Gasteiger partial charge in [0.25, 0.3) is 0 Å². The molecule has 2 N–H and O–H groups in total. The third-order valence-electron chi connectivity index (χ3n) is 5.84. The van der Waals surface area contributed by atoms with Gasteiger partial charge in [0.1, 0.15) is 5.75 Å². The van der Waals surface area contributed by atoms with Crippen molar-refractivity contribution in [3.8, 4) is 5.75 Å². The summed E-state index contributed by atoms with van der Waals surface area (Å²) in [7, 11) is -1.94. The normalized spacial score (nSPS) is 23.2. The first kappa shape index (κ1) is 19.7. The predicted molar refractivity (Wildman–Crippen MR) is 111 cm³/mol. The number of nitrogens with zero attached hydrogens (tertiary/aromatic N) is 1. The first-order valence-electron chi connectivity index (χ1n) is 9.67. The number of nitrogens with one attached hydrogen (secondary N) is 2. The smallest absolute Gasteiger partial charge is 0.322 e. The van der Waals surface area contributed by atoms with Crippen LogP contribution in [-0.4, -0.2) is 45.1 Å². The number of hydrogen-bond acceptors (Lipinski definition) is 4. The standard InChI is InChI=1S/C21H25N3O4S/c1-14-10-17(28-2)8-9-19(14)22-21(25)24-13-15-11-16(24)12-20(15)23-29(26,27)18-6-4-3-5-7-18/h3-10,15-16,20,23H,11-13H2,1-2H3,(H,22,25)/t15-,16-,20-/m0/s1. The molecule has 4 rings (SSSR count). The minimum absolute atomic E-state index is 0.0435. The fraction of sp³-hybridized carbons (Fsp3) is 0.381. The van der Waals surface area contributed by atoms with Crippen LogP contribution in [0, 0.1) is 12.8 Å². The summed E-state index contributed by atoms with van der Waals surface area (Å²) in [5.74, 6) is 0.871. The van der Waals surface area contributed by atoms with Crippen LogP contribution in [0.5, 0.6) is 5.75 Å². The van der Waals surface area contributed by atoms with Gasteiger partial charge in [-0.15, -0.1) is 0 Å². The van der Waals surface area contributed by atoms with Gasteiger partial charge < -0.3 is 15.0 Å². The summed E-state index contributed by atoms with van der Waals surface area (Å²) < 4.78 is 33.2. The Labute approximate surface area is 171 Å². The number of hydrogen-bond donors (Lipinski definition) is 2. The van der Waals surface area contributed by atoms with E-state index in [4.69, 9.17) is 4.74 Å². The number of methoxy groups -OCH3 is 1. The number of piperidine rings is 1. The van der Waals surface area contributed by atoms with Crippen molar-refractivity contribution in [3.63, 3.8) is 0 Å². The molecule has 2 aliphatic rings. The van der Waals surface area contributed by atoms with E-state index in [9.17, 15) is 13.2 Å². The molecule has 1 saturated heterocycles. The molecule has 2 aromatic carbocycles. The summed E-state index contributed by atoms with van der Waals surface area (Å²) in [6, 6.07) is 13.7. The molecular weight excluding hydrogens is 390 g/mol. The third-order valence-corrected chi connectivity index (χ3v) is 7.34. The number of anilines is 1. The average molecular weight is 416 g/mol. The number of urea groups is 1. The molecule has 154 valence electrons. The molecule has 1 aliphatic carbocycles. The number of carbonyl (C=O) groups is 1. The Morgan fingerprint density at radius 2 is 1.90 bits per heavy atom. The SMILES string of the molecule is COc1ccc(NC(=O)N2C[C@@H]3C[C@H]2C[C@@H]3NS(=O)(=O)c2ccccc2)c(C)c1. The number of rotatable bonds is 5. The Bertz CT molecular complexity index is 1010. The predicted octanol–water partition coefficient (Wildman–Crippen LogP) is 2.98. The van der Waals surface area contributed by atoms with Crippen LogP contribution < -0.4 is 14.8 Å². The molecule has 7 nitrogen and oxygen atoms in total. The van der Waals surface area contributed by atoms with E-state index < -0.39 is 10.0 Å². The van der Waals surface area contributed by atoms with Crippen LogP contribution in [-0.2, 0) is 10.0 Å². The highest BCUT2D eigenvalue weighted by Crippen LogP contribution is 2.39. The number of benzene rings is 2. The highest BCUT2D eigenvalue weighted by atomic mass is 32.2. The Hall–Kier alpha value is -2.58. The first-order chi connectivity index (χ1) is 13.9. The van der Waals surface area contributed by atoms with Crippen LogP contribution in [0.1, 0.15) is 18.4 Å². The van der Waals surface area contributed by atoms with Crippen molar-refractivity contribution < 1.29 is 17.9 Å². The molecule has 2 fully saturated rings. The number of fused-ring (bicyclic) bond motifs is 2. The van der Waals surface area contributed by atoms with Crippen LogP contribution in [0.3, 0.4) is 0 Å². The highest BCUT2D eigenvalue weighted by molar-refractivity contribution is 7.89. The van der Waals surface area contributed by atoms with Crippen LogP contribution in [0.4, 0.5) is 10.5 Å². The van der Waals surface area contributed by atoms with Crippen molar-refractivity contribution in [3.05, 3.63) is 54.1 Å². The zero-order chi connectivity index (χ0) is 20.6. The second-order valence-electron chi connectivity index (χ2n) is 7.69. The summed E-state index contributed by atoms with van der Waals surface area (Å²) in [5.41, 5.74) is 1.68. The molecule has 0 aromatic heterocycles. The lowest BCUT2D eigenvalue weighted by Gasteiger charge is -2.32. The van der Waals surface area contributed by atoms with Gasteiger partial charge in [-0.2, -0.15) is 0 Å². The molecule has 0 spiro atoms. The fourth-order valence-corrected chi connectivity index (χ4v) is 5.64. The molecule has 29 heavy (non-hydrogen) atoms. The van der Waals surface area contributed by atoms with Crippen LogP contribution in [0.2, 0.25) is 0 Å². The maximum atomic E-state index is 12.8. The van der Waals surface area contributed by atoms with E-state index in [1.807, 2.05) is 30.0 Å². The van der Waals surface area contributed by atoms with Gasteiger partial charge in [0.2, 0.25) is 10.0 Å². The molecule has 2 aromatic rings. The number of sulfonamides is 1. The van der Waals surface area contributed by atoms with Crippen LogP contribution in [0.15, 0.2) is 53.4 Å². The van der Waals surface area contributed by atoms with Gasteiger partial charge in [-0.25, -0.2) is 17.9 Å².